The van der Waals surface area contributed by atoms with Crippen molar-refractivity contribution in [2.24, 2.45) is 5.41 Å². The fourth-order valence-electron chi connectivity index (χ4n) is 1.71. The van der Waals surface area contributed by atoms with Crippen LogP contribution in [0.15, 0.2) is 30.3 Å². The van der Waals surface area contributed by atoms with Crippen LogP contribution in [0.3, 0.4) is 0 Å². The summed E-state index contributed by atoms with van der Waals surface area (Å²) in [6, 6.07) is 9.06. The van der Waals surface area contributed by atoms with E-state index in [9.17, 15) is 9.59 Å². The molecule has 1 aromatic rings. The van der Waals surface area contributed by atoms with Gasteiger partial charge in [0.15, 0.2) is 11.2 Å². The van der Waals surface area contributed by atoms with Gasteiger partial charge in [0.25, 0.3) is 0 Å². The van der Waals surface area contributed by atoms with Crippen LogP contribution in [0.4, 0.5) is 0 Å². The Kier molecular flexibility index (Phi) is 8.42. The van der Waals surface area contributed by atoms with Crippen molar-refractivity contribution in [1.82, 2.24) is 0 Å². The summed E-state index contributed by atoms with van der Waals surface area (Å²) in [5, 5.41) is 0. The Labute approximate surface area is 153 Å². The number of ketones is 1. The van der Waals surface area contributed by atoms with E-state index >= 15 is 0 Å². The van der Waals surface area contributed by atoms with Crippen LogP contribution < -0.4 is 0 Å². The first-order valence-electron chi connectivity index (χ1n) is 7.86. The zero-order valence-electron chi connectivity index (χ0n) is 14.5. The smallest absolute Gasteiger partial charge is 0.312 e. The van der Waals surface area contributed by atoms with E-state index < -0.39 is 10.9 Å². The third-order valence-corrected chi connectivity index (χ3v) is 4.36. The second-order valence-corrected chi connectivity index (χ2v) is 7.98. The first kappa shape index (κ1) is 20.6. The number of hydrogen-bond acceptors (Lipinski definition) is 6. The normalized spacial score (nSPS) is 12.3. The summed E-state index contributed by atoms with van der Waals surface area (Å²) in [6.07, 6.45) is 0.654. The Morgan fingerprint density at radius 2 is 1.83 bits per heavy atom. The topological polar surface area (TPSA) is 52.6 Å². The molecular formula is C18H24O4S2. The summed E-state index contributed by atoms with van der Waals surface area (Å²) in [5.41, 5.74) is -0.505. The molecule has 0 fully saturated rings. The summed E-state index contributed by atoms with van der Waals surface area (Å²) in [7, 11) is 0. The van der Waals surface area contributed by atoms with Crippen LogP contribution in [0.2, 0.25) is 0 Å². The Balaban J connectivity index is 2.68. The zero-order chi connectivity index (χ0) is 18.2. The average Bonchev–Trinajstić information content (AvgIpc) is 2.52. The van der Waals surface area contributed by atoms with Gasteiger partial charge in [0.05, 0.1) is 12.0 Å². The van der Waals surface area contributed by atoms with E-state index in [-0.39, 0.29) is 18.2 Å². The molecule has 0 saturated carbocycles. The molecule has 4 nitrogen and oxygen atoms in total. The summed E-state index contributed by atoms with van der Waals surface area (Å²) in [5.74, 6) is -0.318. The van der Waals surface area contributed by atoms with Crippen LogP contribution in [0, 0.1) is 5.41 Å². The highest BCUT2D eigenvalue weighted by Gasteiger charge is 2.28. The quantitative estimate of drug-likeness (QED) is 0.303. The van der Waals surface area contributed by atoms with Crippen LogP contribution in [-0.2, 0) is 14.3 Å². The molecule has 1 unspecified atom stereocenters. The van der Waals surface area contributed by atoms with Crippen molar-refractivity contribution in [3.05, 3.63) is 35.9 Å². The van der Waals surface area contributed by atoms with Crippen LogP contribution in [0.25, 0.3) is 0 Å². The van der Waals surface area contributed by atoms with E-state index in [1.165, 1.54) is 0 Å². The molecule has 0 heterocycles. The van der Waals surface area contributed by atoms with Gasteiger partial charge in [0, 0.05) is 18.4 Å². The van der Waals surface area contributed by atoms with Crippen molar-refractivity contribution in [1.29, 1.82) is 0 Å². The summed E-state index contributed by atoms with van der Waals surface area (Å²) in [4.78, 5) is 24.4. The molecule has 1 aromatic carbocycles. The molecular weight excluding hydrogens is 344 g/mol. The van der Waals surface area contributed by atoms with Gasteiger partial charge in [-0.05, 0) is 51.7 Å². The lowest BCUT2D eigenvalue weighted by atomic mass is 9.97. The Hall–Kier alpha value is -1.40. The maximum Gasteiger partial charge on any atom is 0.312 e. The molecule has 0 bridgehead atoms. The minimum Gasteiger partial charge on any atom is -0.479 e. The first-order chi connectivity index (χ1) is 11.2. The predicted molar refractivity (Wildman–Crippen MR) is 101 cm³/mol. The summed E-state index contributed by atoms with van der Waals surface area (Å²) >= 11 is 6.28. The van der Waals surface area contributed by atoms with Gasteiger partial charge in [-0.25, -0.2) is 0 Å². The second kappa shape index (κ2) is 9.79. The molecule has 0 aromatic heterocycles. The Morgan fingerprint density at radius 3 is 2.38 bits per heavy atom. The molecule has 24 heavy (non-hydrogen) atoms. The minimum atomic E-state index is -0.616. The highest BCUT2D eigenvalue weighted by atomic mass is 32.2. The molecule has 132 valence electrons. The number of hydrogen-bond donors (Lipinski definition) is 0. The van der Waals surface area contributed by atoms with Gasteiger partial charge >= 0.3 is 5.97 Å². The van der Waals surface area contributed by atoms with E-state index in [0.29, 0.717) is 23.0 Å². The third-order valence-electron chi connectivity index (χ3n) is 3.04. The number of carbonyl (C=O) groups excluding carboxylic acids is 2. The van der Waals surface area contributed by atoms with Gasteiger partial charge in [-0.1, -0.05) is 30.3 Å². The zero-order valence-corrected chi connectivity index (χ0v) is 16.2. The van der Waals surface area contributed by atoms with Gasteiger partial charge in [-0.2, -0.15) is 0 Å². The standard InChI is InChI=1S/C18H24O4S2/c1-5-21-17(23)24-15(22-16(20)18(2,3)4)12-11-14(19)13-9-7-6-8-10-13/h6-10,15H,5,11-12H2,1-4H3. The van der Waals surface area contributed by atoms with Crippen molar-refractivity contribution in [3.63, 3.8) is 0 Å². The molecule has 0 N–H and O–H groups in total. The number of esters is 1. The largest absolute Gasteiger partial charge is 0.479 e. The van der Waals surface area contributed by atoms with Crippen molar-refractivity contribution in [2.45, 2.75) is 46.0 Å². The molecule has 0 radical (unpaired) electrons. The highest BCUT2D eigenvalue weighted by Crippen LogP contribution is 2.25. The molecule has 0 amide bonds. The van der Waals surface area contributed by atoms with Crippen molar-refractivity contribution in [2.75, 3.05) is 6.61 Å². The number of ether oxygens (including phenoxy) is 2. The van der Waals surface area contributed by atoms with Crippen LogP contribution in [0.5, 0.6) is 0 Å². The third kappa shape index (κ3) is 7.45. The Morgan fingerprint density at radius 1 is 1.21 bits per heavy atom. The van der Waals surface area contributed by atoms with E-state index in [1.807, 2.05) is 25.1 Å². The SMILES string of the molecule is CCOC(=S)SC(CCC(=O)c1ccccc1)OC(=O)C(C)(C)C. The number of carbonyl (C=O) groups is 2. The summed E-state index contributed by atoms with van der Waals surface area (Å²) in [6.45, 7) is 7.64. The number of benzene rings is 1. The first-order valence-corrected chi connectivity index (χ1v) is 9.15. The van der Waals surface area contributed by atoms with E-state index in [1.54, 1.807) is 32.9 Å². The van der Waals surface area contributed by atoms with Crippen LogP contribution in [0.1, 0.15) is 50.9 Å². The molecule has 0 aliphatic heterocycles. The van der Waals surface area contributed by atoms with Gasteiger partial charge in [0.2, 0.25) is 4.38 Å². The van der Waals surface area contributed by atoms with Crippen LogP contribution in [-0.4, -0.2) is 28.2 Å². The van der Waals surface area contributed by atoms with E-state index in [0.717, 1.165) is 11.8 Å². The van der Waals surface area contributed by atoms with E-state index in [2.05, 4.69) is 0 Å². The molecule has 0 saturated heterocycles. The van der Waals surface area contributed by atoms with Gasteiger partial charge in [0.1, 0.15) is 0 Å². The van der Waals surface area contributed by atoms with Crippen molar-refractivity contribution in [3.8, 4) is 0 Å². The number of thiocarbonyl (C=S) groups is 1. The monoisotopic (exact) mass is 368 g/mol. The molecule has 0 aliphatic rings. The number of thioether (sulfide) groups is 1. The minimum absolute atomic E-state index is 0.00957. The van der Waals surface area contributed by atoms with Crippen LogP contribution >= 0.6 is 24.0 Å². The van der Waals surface area contributed by atoms with Gasteiger partial charge in [-0.15, -0.1) is 0 Å². The average molecular weight is 369 g/mol. The fourth-order valence-corrected chi connectivity index (χ4v) is 2.93. The maximum atomic E-state index is 12.2. The second-order valence-electron chi connectivity index (χ2n) is 6.21. The van der Waals surface area contributed by atoms with Crippen molar-refractivity contribution < 1.29 is 19.1 Å². The summed E-state index contributed by atoms with van der Waals surface area (Å²) < 4.78 is 11.1. The van der Waals surface area contributed by atoms with E-state index in [4.69, 9.17) is 21.7 Å². The van der Waals surface area contributed by atoms with Crippen molar-refractivity contribution >= 4 is 40.1 Å². The molecule has 6 heteroatoms. The predicted octanol–water partition coefficient (Wildman–Crippen LogP) is 4.62. The lowest BCUT2D eigenvalue weighted by Gasteiger charge is -2.23. The fraction of sp³-hybridized carbons (Fsp3) is 0.500. The molecule has 1 rings (SSSR count). The molecule has 1 atom stereocenters. The molecule has 0 aliphatic carbocycles. The van der Waals surface area contributed by atoms with Gasteiger partial charge in [-0.3, -0.25) is 9.59 Å². The maximum absolute atomic E-state index is 12.2. The Bertz CT molecular complexity index is 564. The lowest BCUT2D eigenvalue weighted by Crippen LogP contribution is -2.28. The highest BCUT2D eigenvalue weighted by molar-refractivity contribution is 8.22. The number of Topliss-reactive ketones (excluding diaryl/α,β-unsaturated/α-hetero) is 1. The molecule has 0 spiro atoms. The number of rotatable bonds is 7. The lowest BCUT2D eigenvalue weighted by molar-refractivity contribution is -0.154. The van der Waals surface area contributed by atoms with Gasteiger partial charge < -0.3 is 9.47 Å².